The molecule has 8 atom stereocenters. The summed E-state index contributed by atoms with van der Waals surface area (Å²) in [5, 5.41) is 0. The summed E-state index contributed by atoms with van der Waals surface area (Å²) in [5.74, 6) is 2.28. The van der Waals surface area contributed by atoms with Gasteiger partial charge < -0.3 is 85.3 Å². The van der Waals surface area contributed by atoms with E-state index in [2.05, 4.69) is 20.8 Å². The first-order chi connectivity index (χ1) is 31.9. The van der Waals surface area contributed by atoms with Crippen molar-refractivity contribution >= 4 is 0 Å². The van der Waals surface area contributed by atoms with Crippen LogP contribution in [0.2, 0.25) is 0 Å². The molecule has 0 N–H and O–H groups in total. The minimum absolute atomic E-state index is 0.137. The number of hydrogen-bond acceptors (Lipinski definition) is 18. The molecular weight excluding hydrogens is 852 g/mol. The third-order valence-corrected chi connectivity index (χ3v) is 12.1. The van der Waals surface area contributed by atoms with E-state index in [9.17, 15) is 0 Å². The Balaban J connectivity index is 1.57. The molecule has 0 aromatic heterocycles. The number of ether oxygens (including phenoxy) is 18. The molecule has 0 spiro atoms. The maximum absolute atomic E-state index is 6.86. The first-order valence-corrected chi connectivity index (χ1v) is 24.3. The Kier molecular flexibility index (Phi) is 35.2. The average molecular weight is 943 g/mol. The van der Waals surface area contributed by atoms with Crippen LogP contribution in [0.1, 0.15) is 46.5 Å². The Morgan fingerprint density at radius 3 is 1.08 bits per heavy atom. The van der Waals surface area contributed by atoms with Crippen molar-refractivity contribution in [1.82, 2.24) is 0 Å². The van der Waals surface area contributed by atoms with Crippen LogP contribution in [-0.4, -0.2) is 225 Å². The van der Waals surface area contributed by atoms with Gasteiger partial charge in [-0.25, -0.2) is 0 Å². The van der Waals surface area contributed by atoms with Crippen LogP contribution in [0, 0.1) is 35.0 Å². The molecule has 0 amide bonds. The monoisotopic (exact) mass is 943 g/mol. The molecular formula is C47H90O18. The molecule has 18 heteroatoms. The molecule has 65 heavy (non-hydrogen) atoms. The molecule has 4 unspecified atom stereocenters. The van der Waals surface area contributed by atoms with Gasteiger partial charge in [-0.3, -0.25) is 0 Å². The van der Waals surface area contributed by atoms with Crippen LogP contribution in [0.5, 0.6) is 0 Å². The lowest BCUT2D eigenvalue weighted by atomic mass is 9.61. The molecule has 18 nitrogen and oxygen atoms in total. The zero-order valence-corrected chi connectivity index (χ0v) is 41.1. The highest BCUT2D eigenvalue weighted by Crippen LogP contribution is 2.52. The van der Waals surface area contributed by atoms with E-state index in [0.717, 1.165) is 12.8 Å². The topological polar surface area (TPSA) is 166 Å². The van der Waals surface area contributed by atoms with Gasteiger partial charge in [-0.05, 0) is 43.9 Å². The van der Waals surface area contributed by atoms with Crippen molar-refractivity contribution in [2.24, 2.45) is 35.0 Å². The van der Waals surface area contributed by atoms with Crippen LogP contribution >= 0.6 is 0 Å². The lowest BCUT2D eigenvalue weighted by Crippen LogP contribution is -2.54. The largest absolute Gasteiger partial charge is 0.382 e. The Morgan fingerprint density at radius 1 is 0.369 bits per heavy atom. The highest BCUT2D eigenvalue weighted by atomic mass is 16.8. The molecule has 1 aliphatic carbocycles. The van der Waals surface area contributed by atoms with Crippen molar-refractivity contribution in [2.45, 2.75) is 65.1 Å². The zero-order valence-electron chi connectivity index (χ0n) is 41.1. The molecule has 3 fully saturated rings. The third-order valence-electron chi connectivity index (χ3n) is 12.1. The summed E-state index contributed by atoms with van der Waals surface area (Å²) < 4.78 is 105. The molecule has 0 aromatic carbocycles. The van der Waals surface area contributed by atoms with E-state index in [1.54, 1.807) is 21.3 Å². The first-order valence-electron chi connectivity index (χ1n) is 24.3. The van der Waals surface area contributed by atoms with Gasteiger partial charge in [0, 0.05) is 33.2 Å². The second-order valence-electron chi connectivity index (χ2n) is 17.2. The fraction of sp³-hybridized carbons (Fsp3) is 1.00. The summed E-state index contributed by atoms with van der Waals surface area (Å²) in [6.45, 7) is 19.4. The highest BCUT2D eigenvalue weighted by Gasteiger charge is 2.53. The fourth-order valence-corrected chi connectivity index (χ4v) is 8.42. The average Bonchev–Trinajstić information content (AvgIpc) is 3.48. The number of rotatable bonds is 45. The minimum atomic E-state index is -0.690. The van der Waals surface area contributed by atoms with Crippen LogP contribution in [0.25, 0.3) is 0 Å². The summed E-state index contributed by atoms with van der Waals surface area (Å²) in [6.07, 6.45) is 4.00. The van der Waals surface area contributed by atoms with Crippen molar-refractivity contribution in [3.63, 3.8) is 0 Å². The molecule has 3 aliphatic rings. The zero-order chi connectivity index (χ0) is 46.5. The van der Waals surface area contributed by atoms with Gasteiger partial charge in [0.25, 0.3) is 0 Å². The maximum Gasteiger partial charge on any atom is 0.164 e. The van der Waals surface area contributed by atoms with Gasteiger partial charge in [-0.2, -0.15) is 0 Å². The van der Waals surface area contributed by atoms with Crippen molar-refractivity contribution in [1.29, 1.82) is 0 Å². The van der Waals surface area contributed by atoms with Crippen LogP contribution in [0.4, 0.5) is 0 Å². The van der Waals surface area contributed by atoms with E-state index in [1.165, 1.54) is 12.8 Å². The van der Waals surface area contributed by atoms with Gasteiger partial charge in [0.1, 0.15) is 0 Å². The predicted octanol–water partition coefficient (Wildman–Crippen LogP) is 3.92. The van der Waals surface area contributed by atoms with Crippen molar-refractivity contribution in [3.05, 3.63) is 0 Å². The Labute approximate surface area is 391 Å². The summed E-state index contributed by atoms with van der Waals surface area (Å²) in [4.78, 5) is 0. The Bertz CT molecular complexity index is 991. The van der Waals surface area contributed by atoms with E-state index < -0.39 is 11.7 Å². The van der Waals surface area contributed by atoms with E-state index in [0.29, 0.717) is 202 Å². The standard InChI is InChI=1S/C47H90O18/c1-39-7-9-43-41(3)45(65-46-44(43)42(39)10-8-40(2)64-46)63-38-47(35-60-32-29-57-26-23-54-20-17-51-14-11-48-4,36-61-33-30-58-27-24-55-21-18-52-15-12-49-5)37-62-34-31-59-28-25-56-22-19-53-16-13-50-6/h39-46H,7-38H2,1-6H3/t39-,40?,41-,42?,43+,44?,45?,46-/m1/s1. The van der Waals surface area contributed by atoms with E-state index in [1.807, 2.05) is 0 Å². The van der Waals surface area contributed by atoms with Crippen molar-refractivity contribution in [2.75, 3.05) is 206 Å². The lowest BCUT2D eigenvalue weighted by molar-refractivity contribution is -0.339. The first kappa shape index (κ1) is 58.6. The quantitative estimate of drug-likeness (QED) is 0.0806. The lowest BCUT2D eigenvalue weighted by Gasteiger charge is -2.52. The number of hydrogen-bond donors (Lipinski definition) is 0. The van der Waals surface area contributed by atoms with Crippen LogP contribution in [0.3, 0.4) is 0 Å². The molecule has 386 valence electrons. The van der Waals surface area contributed by atoms with E-state index in [4.69, 9.17) is 85.3 Å². The summed E-state index contributed by atoms with van der Waals surface area (Å²) in [7, 11) is 4.95. The molecule has 2 saturated heterocycles. The molecule has 0 bridgehead atoms. The van der Waals surface area contributed by atoms with Gasteiger partial charge in [-0.1, -0.05) is 20.3 Å². The minimum Gasteiger partial charge on any atom is -0.382 e. The normalized spacial score (nSPS) is 24.6. The Morgan fingerprint density at radius 2 is 0.708 bits per heavy atom. The molecule has 0 aromatic rings. The van der Waals surface area contributed by atoms with Crippen LogP contribution < -0.4 is 0 Å². The van der Waals surface area contributed by atoms with Gasteiger partial charge in [-0.15, -0.1) is 0 Å². The second-order valence-corrected chi connectivity index (χ2v) is 17.2. The van der Waals surface area contributed by atoms with Crippen molar-refractivity contribution in [3.8, 4) is 0 Å². The van der Waals surface area contributed by atoms with Crippen LogP contribution in [0.15, 0.2) is 0 Å². The third kappa shape index (κ3) is 26.2. The molecule has 2 aliphatic heterocycles. The van der Waals surface area contributed by atoms with Gasteiger partial charge in [0.2, 0.25) is 0 Å². The molecule has 1 saturated carbocycles. The van der Waals surface area contributed by atoms with Crippen LogP contribution in [-0.2, 0) is 85.3 Å². The van der Waals surface area contributed by atoms with Gasteiger partial charge >= 0.3 is 0 Å². The molecule has 0 radical (unpaired) electrons. The SMILES string of the molecule is COCCOCCOCCOCCOCC(COCCOCCOCCOCCOC)(COCCOCCOCCOCCOC)COC1O[C@H]2OC(C)CCC3C2[C@@H](CC[C@H]3C)[C@H]1C. The number of methoxy groups -OCH3 is 3. The smallest absolute Gasteiger partial charge is 0.164 e. The maximum atomic E-state index is 6.86. The second kappa shape index (κ2) is 39.1. The summed E-state index contributed by atoms with van der Waals surface area (Å²) in [6, 6.07) is 0. The molecule has 3 rings (SSSR count). The molecule has 2 heterocycles. The van der Waals surface area contributed by atoms with Crippen molar-refractivity contribution < 1.29 is 85.3 Å². The highest BCUT2D eigenvalue weighted by molar-refractivity contribution is 4.95. The van der Waals surface area contributed by atoms with Gasteiger partial charge in [0.05, 0.1) is 197 Å². The van der Waals surface area contributed by atoms with E-state index >= 15 is 0 Å². The summed E-state index contributed by atoms with van der Waals surface area (Å²) >= 11 is 0. The summed E-state index contributed by atoms with van der Waals surface area (Å²) in [5.41, 5.74) is -0.690. The van der Waals surface area contributed by atoms with E-state index in [-0.39, 0.29) is 24.9 Å². The van der Waals surface area contributed by atoms with Gasteiger partial charge in [0.15, 0.2) is 12.6 Å². The Hall–Kier alpha value is -0.720. The predicted molar refractivity (Wildman–Crippen MR) is 240 cm³/mol. The fourth-order valence-electron chi connectivity index (χ4n) is 8.42.